The van der Waals surface area contributed by atoms with Crippen molar-refractivity contribution in [1.29, 1.82) is 0 Å². The van der Waals surface area contributed by atoms with Crippen molar-refractivity contribution in [3.8, 4) is 11.5 Å². The van der Waals surface area contributed by atoms with E-state index in [1.807, 2.05) is 0 Å². The van der Waals surface area contributed by atoms with Gasteiger partial charge in [0.05, 0.1) is 6.42 Å². The van der Waals surface area contributed by atoms with Gasteiger partial charge in [0.1, 0.15) is 12.2 Å². The molecule has 0 radical (unpaired) electrons. The first-order valence-corrected chi connectivity index (χ1v) is 4.76. The molecule has 5 heteroatoms. The van der Waals surface area contributed by atoms with E-state index >= 15 is 0 Å². The normalized spacial score (nSPS) is 14.1. The van der Waals surface area contributed by atoms with Crippen molar-refractivity contribution in [3.63, 3.8) is 0 Å². The minimum Gasteiger partial charge on any atom is -0.504 e. The summed E-state index contributed by atoms with van der Waals surface area (Å²) in [6.45, 7) is 1.16. The van der Waals surface area contributed by atoms with Crippen LogP contribution in [0.1, 0.15) is 13.3 Å². The topological polar surface area (TPSA) is 87.0 Å². The molecule has 0 aliphatic heterocycles. The van der Waals surface area contributed by atoms with E-state index in [0.717, 1.165) is 0 Å². The van der Waals surface area contributed by atoms with Gasteiger partial charge in [-0.05, 0) is 19.1 Å². The Morgan fingerprint density at radius 2 is 2.06 bits per heavy atom. The standard InChI is InChI=1S/C11H14O5/c1-11(15,6-10(13)14)7-16-9-5-3-2-4-8(9)12/h2-5,12,15H,6-7H2,1H3,(H,13,14). The van der Waals surface area contributed by atoms with Crippen LogP contribution in [-0.4, -0.2) is 33.5 Å². The number of aromatic hydroxyl groups is 1. The predicted octanol–water partition coefficient (Wildman–Crippen LogP) is 0.997. The average Bonchev–Trinajstić information content (AvgIpc) is 2.14. The van der Waals surface area contributed by atoms with Crippen molar-refractivity contribution in [2.24, 2.45) is 0 Å². The molecule has 0 saturated carbocycles. The van der Waals surface area contributed by atoms with E-state index < -0.39 is 18.0 Å². The molecule has 88 valence electrons. The zero-order chi connectivity index (χ0) is 12.2. The number of phenolic OH excluding ortho intramolecular Hbond substituents is 1. The number of rotatable bonds is 5. The molecule has 16 heavy (non-hydrogen) atoms. The number of phenols is 1. The van der Waals surface area contributed by atoms with Crippen LogP contribution in [0.4, 0.5) is 0 Å². The minimum atomic E-state index is -1.46. The monoisotopic (exact) mass is 226 g/mol. The van der Waals surface area contributed by atoms with Gasteiger partial charge in [0.2, 0.25) is 0 Å². The molecular formula is C11H14O5. The van der Waals surface area contributed by atoms with Gasteiger partial charge in [-0.15, -0.1) is 0 Å². The lowest BCUT2D eigenvalue weighted by Gasteiger charge is -2.21. The molecule has 0 amide bonds. The number of benzene rings is 1. The number of hydrogen-bond donors (Lipinski definition) is 3. The summed E-state index contributed by atoms with van der Waals surface area (Å²) in [6.07, 6.45) is -0.416. The Morgan fingerprint density at radius 1 is 1.44 bits per heavy atom. The SMILES string of the molecule is CC(O)(COc1ccccc1O)CC(=O)O. The Kier molecular flexibility index (Phi) is 3.73. The molecule has 0 heterocycles. The van der Waals surface area contributed by atoms with E-state index in [4.69, 9.17) is 9.84 Å². The van der Waals surface area contributed by atoms with Gasteiger partial charge in [0.15, 0.2) is 11.5 Å². The second-order valence-corrected chi connectivity index (χ2v) is 3.82. The molecule has 0 aliphatic rings. The summed E-state index contributed by atoms with van der Waals surface area (Å²) in [5, 5.41) is 27.6. The van der Waals surface area contributed by atoms with Crippen LogP contribution in [0.25, 0.3) is 0 Å². The lowest BCUT2D eigenvalue weighted by atomic mass is 10.0. The molecule has 1 aromatic carbocycles. The van der Waals surface area contributed by atoms with Crippen LogP contribution in [-0.2, 0) is 4.79 Å². The molecule has 1 rings (SSSR count). The number of aliphatic carboxylic acids is 1. The highest BCUT2D eigenvalue weighted by atomic mass is 16.5. The summed E-state index contributed by atoms with van der Waals surface area (Å²) in [5.74, 6) is -0.937. The maximum Gasteiger partial charge on any atom is 0.306 e. The first kappa shape index (κ1) is 12.3. The summed E-state index contributed by atoms with van der Waals surface area (Å²) in [5.41, 5.74) is -1.46. The lowest BCUT2D eigenvalue weighted by molar-refractivity contribution is -0.143. The van der Waals surface area contributed by atoms with E-state index in [0.29, 0.717) is 0 Å². The fourth-order valence-corrected chi connectivity index (χ4v) is 1.19. The van der Waals surface area contributed by atoms with Gasteiger partial charge in [-0.2, -0.15) is 0 Å². The van der Waals surface area contributed by atoms with Crippen molar-refractivity contribution in [2.45, 2.75) is 18.9 Å². The molecule has 5 nitrogen and oxygen atoms in total. The molecule has 0 saturated heterocycles. The fourth-order valence-electron chi connectivity index (χ4n) is 1.19. The smallest absolute Gasteiger partial charge is 0.306 e. The van der Waals surface area contributed by atoms with Gasteiger partial charge in [-0.3, -0.25) is 4.79 Å². The third kappa shape index (κ3) is 3.78. The summed E-state index contributed by atoms with van der Waals surface area (Å²) in [4.78, 5) is 10.4. The molecule has 0 bridgehead atoms. The van der Waals surface area contributed by atoms with Crippen LogP contribution in [0.3, 0.4) is 0 Å². The molecule has 0 aliphatic carbocycles. The largest absolute Gasteiger partial charge is 0.504 e. The second kappa shape index (κ2) is 4.85. The summed E-state index contributed by atoms with van der Waals surface area (Å²) in [6, 6.07) is 6.28. The number of carboxylic acids is 1. The molecule has 1 atom stereocenters. The summed E-state index contributed by atoms with van der Waals surface area (Å²) < 4.78 is 5.14. The van der Waals surface area contributed by atoms with Crippen LogP contribution in [0.2, 0.25) is 0 Å². The summed E-state index contributed by atoms with van der Waals surface area (Å²) in [7, 11) is 0. The minimum absolute atomic E-state index is 0.0476. The van der Waals surface area contributed by atoms with Crippen LogP contribution in [0.15, 0.2) is 24.3 Å². The van der Waals surface area contributed by atoms with E-state index in [1.165, 1.54) is 19.1 Å². The quantitative estimate of drug-likeness (QED) is 0.697. The second-order valence-electron chi connectivity index (χ2n) is 3.82. The zero-order valence-electron chi connectivity index (χ0n) is 8.88. The molecule has 3 N–H and O–H groups in total. The Labute approximate surface area is 92.9 Å². The van der Waals surface area contributed by atoms with E-state index in [9.17, 15) is 15.0 Å². The van der Waals surface area contributed by atoms with E-state index in [2.05, 4.69) is 0 Å². The number of carboxylic acid groups (broad SMARTS) is 1. The average molecular weight is 226 g/mol. The number of carbonyl (C=O) groups is 1. The molecular weight excluding hydrogens is 212 g/mol. The Hall–Kier alpha value is -1.75. The highest BCUT2D eigenvalue weighted by Crippen LogP contribution is 2.25. The Morgan fingerprint density at radius 3 is 2.62 bits per heavy atom. The van der Waals surface area contributed by atoms with Gasteiger partial charge in [0.25, 0.3) is 0 Å². The number of para-hydroxylation sites is 2. The van der Waals surface area contributed by atoms with Crippen LogP contribution in [0.5, 0.6) is 11.5 Å². The lowest BCUT2D eigenvalue weighted by Crippen LogP contribution is -2.34. The van der Waals surface area contributed by atoms with Crippen LogP contribution in [0, 0.1) is 0 Å². The molecule has 1 unspecified atom stereocenters. The maximum atomic E-state index is 10.4. The third-order valence-electron chi connectivity index (χ3n) is 1.94. The van der Waals surface area contributed by atoms with Gasteiger partial charge in [-0.25, -0.2) is 0 Å². The highest BCUT2D eigenvalue weighted by Gasteiger charge is 2.25. The highest BCUT2D eigenvalue weighted by molar-refractivity contribution is 5.68. The van der Waals surface area contributed by atoms with Gasteiger partial charge in [0, 0.05) is 0 Å². The Balaban J connectivity index is 2.57. The first-order valence-electron chi connectivity index (χ1n) is 4.76. The van der Waals surface area contributed by atoms with Gasteiger partial charge >= 0.3 is 5.97 Å². The van der Waals surface area contributed by atoms with Crippen molar-refractivity contribution in [1.82, 2.24) is 0 Å². The van der Waals surface area contributed by atoms with Crippen LogP contribution >= 0.6 is 0 Å². The summed E-state index contributed by atoms with van der Waals surface area (Å²) >= 11 is 0. The maximum absolute atomic E-state index is 10.4. The number of aliphatic hydroxyl groups is 1. The predicted molar refractivity (Wildman–Crippen MR) is 56.5 cm³/mol. The van der Waals surface area contributed by atoms with Crippen molar-refractivity contribution < 1.29 is 24.9 Å². The Bertz CT molecular complexity index is 372. The van der Waals surface area contributed by atoms with Gasteiger partial charge < -0.3 is 20.1 Å². The van der Waals surface area contributed by atoms with E-state index in [1.54, 1.807) is 12.1 Å². The van der Waals surface area contributed by atoms with Crippen molar-refractivity contribution >= 4 is 5.97 Å². The fraction of sp³-hybridized carbons (Fsp3) is 0.364. The number of hydrogen-bond acceptors (Lipinski definition) is 4. The molecule has 0 aromatic heterocycles. The third-order valence-corrected chi connectivity index (χ3v) is 1.94. The van der Waals surface area contributed by atoms with E-state index in [-0.39, 0.29) is 18.1 Å². The van der Waals surface area contributed by atoms with Gasteiger partial charge in [-0.1, -0.05) is 12.1 Å². The zero-order valence-corrected chi connectivity index (χ0v) is 8.88. The van der Waals surface area contributed by atoms with Crippen LogP contribution < -0.4 is 4.74 Å². The van der Waals surface area contributed by atoms with Crippen molar-refractivity contribution in [3.05, 3.63) is 24.3 Å². The molecule has 0 spiro atoms. The number of ether oxygens (including phenoxy) is 1. The van der Waals surface area contributed by atoms with Crippen molar-refractivity contribution in [2.75, 3.05) is 6.61 Å². The molecule has 0 fully saturated rings. The first-order chi connectivity index (χ1) is 7.41. The molecule has 1 aromatic rings.